The van der Waals surface area contributed by atoms with E-state index in [0.717, 1.165) is 21.4 Å². The first kappa shape index (κ1) is 29.0. The molecule has 0 spiro atoms. The average molecular weight is 674 g/mol. The third kappa shape index (κ3) is 8.22. The smallest absolute Gasteiger partial charge is 0.228 e. The predicted molar refractivity (Wildman–Crippen MR) is 153 cm³/mol. The molecule has 0 aliphatic rings. The van der Waals surface area contributed by atoms with Crippen molar-refractivity contribution < 1.29 is 8.42 Å². The number of sulfone groups is 1. The molecule has 0 amide bonds. The highest BCUT2D eigenvalue weighted by atomic mass is 79.9. The summed E-state index contributed by atoms with van der Waals surface area (Å²) in [5.41, 5.74) is 2.48. The molecule has 0 aliphatic heterocycles. The predicted octanol–water partition coefficient (Wildman–Crippen LogP) is 5.83. The second-order valence-corrected chi connectivity index (χ2v) is 11.7. The van der Waals surface area contributed by atoms with Crippen molar-refractivity contribution in [3.05, 3.63) is 81.0 Å². The van der Waals surface area contributed by atoms with Gasteiger partial charge in [0.15, 0.2) is 14.9 Å². The second kappa shape index (κ2) is 13.3. The number of hydrogen-bond acceptors (Lipinski definition) is 11. The Labute approximate surface area is 240 Å². The number of anilines is 4. The van der Waals surface area contributed by atoms with E-state index in [9.17, 15) is 8.42 Å². The largest absolute Gasteiger partial charge is 0.324 e. The molecule has 38 heavy (non-hydrogen) atoms. The maximum absolute atomic E-state index is 11.6. The van der Waals surface area contributed by atoms with Crippen molar-refractivity contribution in [3.63, 3.8) is 0 Å². The van der Waals surface area contributed by atoms with Crippen molar-refractivity contribution in [1.29, 1.82) is 10.5 Å². The summed E-state index contributed by atoms with van der Waals surface area (Å²) >= 11 is 8.02. The van der Waals surface area contributed by atoms with Crippen LogP contribution in [0.5, 0.6) is 0 Å². The molecule has 0 fully saturated rings. The Kier molecular flexibility index (Phi) is 10.2. The molecule has 2 aromatic carbocycles. The van der Waals surface area contributed by atoms with Crippen LogP contribution in [0, 0.1) is 22.7 Å². The maximum Gasteiger partial charge on any atom is 0.228 e. The molecule has 0 saturated carbocycles. The molecule has 2 heterocycles. The molecular formula is C24H18Br2N8O2S2. The van der Waals surface area contributed by atoms with Crippen LogP contribution in [-0.2, 0) is 9.84 Å². The minimum absolute atomic E-state index is 0.0913. The summed E-state index contributed by atoms with van der Waals surface area (Å²) in [6.07, 6.45) is 6.09. The number of nitrogens with one attached hydrogen (secondary N) is 2. The average Bonchev–Trinajstić information content (AvgIpc) is 2.91. The van der Waals surface area contributed by atoms with Crippen LogP contribution in [0.25, 0.3) is 0 Å². The van der Waals surface area contributed by atoms with E-state index in [1.54, 1.807) is 42.6 Å². The Morgan fingerprint density at radius 2 is 1.34 bits per heavy atom. The van der Waals surface area contributed by atoms with Crippen LogP contribution in [0.1, 0.15) is 11.1 Å². The summed E-state index contributed by atoms with van der Waals surface area (Å²) in [5, 5.41) is 24.4. The fraction of sp³-hybridized carbons (Fsp3) is 0.0833. The van der Waals surface area contributed by atoms with Crippen LogP contribution >= 0.6 is 43.6 Å². The highest BCUT2D eigenvalue weighted by Crippen LogP contribution is 2.25. The third-order valence-electron chi connectivity index (χ3n) is 4.46. The van der Waals surface area contributed by atoms with Crippen LogP contribution in [0.4, 0.5) is 23.3 Å². The molecule has 4 rings (SSSR count). The summed E-state index contributed by atoms with van der Waals surface area (Å²) in [7, 11) is -3.45. The highest BCUT2D eigenvalue weighted by molar-refractivity contribution is 9.10. The number of benzene rings is 2. The lowest BCUT2D eigenvalue weighted by Gasteiger charge is -2.07. The summed E-state index contributed by atoms with van der Waals surface area (Å²) < 4.78 is 24.3. The molecule has 0 atom stereocenters. The van der Waals surface area contributed by atoms with Gasteiger partial charge in [0, 0.05) is 30.0 Å². The van der Waals surface area contributed by atoms with Crippen LogP contribution in [-0.4, -0.2) is 40.9 Å². The van der Waals surface area contributed by atoms with Gasteiger partial charge in [-0.05, 0) is 74.5 Å². The van der Waals surface area contributed by atoms with Gasteiger partial charge in [-0.2, -0.15) is 15.5 Å². The Hall–Kier alpha value is -3.56. The van der Waals surface area contributed by atoms with Gasteiger partial charge in [0.05, 0.1) is 32.2 Å². The van der Waals surface area contributed by atoms with Crippen molar-refractivity contribution in [1.82, 2.24) is 19.9 Å². The first-order valence-corrected chi connectivity index (χ1v) is 15.2. The van der Waals surface area contributed by atoms with Gasteiger partial charge in [-0.25, -0.2) is 23.4 Å². The fourth-order valence-electron chi connectivity index (χ4n) is 2.82. The molecule has 10 nitrogen and oxygen atoms in total. The summed E-state index contributed by atoms with van der Waals surface area (Å²) in [6.45, 7) is 0. The number of nitrogens with zero attached hydrogens (tertiary/aromatic N) is 6. The van der Waals surface area contributed by atoms with Crippen LogP contribution in [0.15, 0.2) is 79.9 Å². The van der Waals surface area contributed by atoms with E-state index >= 15 is 0 Å². The fourth-order valence-corrected chi connectivity index (χ4v) is 5.65. The van der Waals surface area contributed by atoms with Crippen molar-refractivity contribution in [3.8, 4) is 12.1 Å². The number of nitriles is 2. The number of hydrogen-bond donors (Lipinski definition) is 2. The Morgan fingerprint density at radius 3 is 1.82 bits per heavy atom. The quantitative estimate of drug-likeness (QED) is 0.187. The normalized spacial score (nSPS) is 10.4. The van der Waals surface area contributed by atoms with Gasteiger partial charge >= 0.3 is 0 Å². The standard InChI is InChI=1S/C12H9BrN4O2S.C12H9BrN4S/c1-20(18,19)11-10(13)7-15-12(17-11)16-9-4-2-3-8(5-9)6-14;1-18-11-10(13)7-15-12(17-11)16-9-4-2-3-8(5-9)6-14/h2-5,7H,1H3,(H,15,16,17);2-5,7H,1H3,(H,15,16,17). The van der Waals surface area contributed by atoms with E-state index in [1.165, 1.54) is 18.0 Å². The second-order valence-electron chi connectivity index (χ2n) is 7.30. The molecule has 0 bridgehead atoms. The van der Waals surface area contributed by atoms with Crippen LogP contribution in [0.3, 0.4) is 0 Å². The molecule has 14 heteroatoms. The minimum Gasteiger partial charge on any atom is -0.324 e. The van der Waals surface area contributed by atoms with Crippen LogP contribution in [0.2, 0.25) is 0 Å². The van der Waals surface area contributed by atoms with Gasteiger partial charge in [-0.1, -0.05) is 12.1 Å². The van der Waals surface area contributed by atoms with E-state index in [0.29, 0.717) is 27.2 Å². The van der Waals surface area contributed by atoms with E-state index in [-0.39, 0.29) is 11.0 Å². The maximum atomic E-state index is 11.6. The molecule has 0 saturated heterocycles. The molecule has 192 valence electrons. The molecule has 0 aliphatic carbocycles. The van der Waals surface area contributed by atoms with Crippen molar-refractivity contribution in [2.24, 2.45) is 0 Å². The van der Waals surface area contributed by atoms with Crippen molar-refractivity contribution in [2.75, 3.05) is 23.1 Å². The Bertz CT molecular complexity index is 1650. The first-order valence-electron chi connectivity index (χ1n) is 10.5. The van der Waals surface area contributed by atoms with Crippen molar-refractivity contribution in [2.45, 2.75) is 10.1 Å². The van der Waals surface area contributed by atoms with Gasteiger partial charge in [-0.15, -0.1) is 11.8 Å². The Balaban J connectivity index is 0.000000212. The van der Waals surface area contributed by atoms with Gasteiger partial charge in [-0.3, -0.25) is 0 Å². The topological polar surface area (TPSA) is 157 Å². The zero-order chi connectivity index (χ0) is 27.7. The van der Waals surface area contributed by atoms with Crippen molar-refractivity contribution >= 4 is 76.7 Å². The van der Waals surface area contributed by atoms with E-state index in [2.05, 4.69) is 68.5 Å². The van der Waals surface area contributed by atoms with Gasteiger partial charge in [0.2, 0.25) is 11.9 Å². The van der Waals surface area contributed by atoms with E-state index in [4.69, 9.17) is 10.5 Å². The molecule has 0 radical (unpaired) electrons. The lowest BCUT2D eigenvalue weighted by atomic mass is 10.2. The van der Waals surface area contributed by atoms with E-state index in [1.807, 2.05) is 24.5 Å². The minimum atomic E-state index is -3.45. The molecular weight excluding hydrogens is 656 g/mol. The molecule has 2 N–H and O–H groups in total. The SMILES string of the molecule is CS(=O)(=O)c1nc(Nc2cccc(C#N)c2)ncc1Br.CSc1nc(Nc2cccc(C#N)c2)ncc1Br. The van der Waals surface area contributed by atoms with Gasteiger partial charge in [0.25, 0.3) is 0 Å². The third-order valence-corrected chi connectivity index (χ3v) is 7.86. The zero-order valence-corrected chi connectivity index (χ0v) is 24.7. The van der Waals surface area contributed by atoms with E-state index < -0.39 is 9.84 Å². The first-order chi connectivity index (χ1) is 18.1. The van der Waals surface area contributed by atoms with Gasteiger partial charge in [0.1, 0.15) is 5.03 Å². The summed E-state index contributed by atoms with van der Waals surface area (Å²) in [6, 6.07) is 18.0. The zero-order valence-electron chi connectivity index (χ0n) is 19.8. The highest BCUT2D eigenvalue weighted by Gasteiger charge is 2.15. The number of thioether (sulfide) groups is 1. The summed E-state index contributed by atoms with van der Waals surface area (Å²) in [5.74, 6) is 0.654. The number of halogens is 2. The Morgan fingerprint density at radius 1 is 0.842 bits per heavy atom. The lowest BCUT2D eigenvalue weighted by Crippen LogP contribution is -2.06. The monoisotopic (exact) mass is 672 g/mol. The number of aromatic nitrogens is 4. The molecule has 0 unspecified atom stereocenters. The van der Waals surface area contributed by atoms with Gasteiger partial charge < -0.3 is 10.6 Å². The lowest BCUT2D eigenvalue weighted by molar-refractivity contribution is 0.597. The van der Waals surface area contributed by atoms with Crippen LogP contribution < -0.4 is 10.6 Å². The molecule has 2 aromatic heterocycles. The number of rotatable bonds is 6. The summed E-state index contributed by atoms with van der Waals surface area (Å²) in [4.78, 5) is 16.5. The molecule has 4 aromatic rings.